The number of nitrogens with one attached hydrogen (secondary N) is 1. The molecular weight excluding hydrogens is 292 g/mol. The summed E-state index contributed by atoms with van der Waals surface area (Å²) in [6.07, 6.45) is -0.960. The summed E-state index contributed by atoms with van der Waals surface area (Å²) in [5.41, 5.74) is 1.07. The highest BCUT2D eigenvalue weighted by atomic mass is 19.1. The average molecular weight is 303 g/mol. The second-order valence-corrected chi connectivity index (χ2v) is 4.90. The Balaban J connectivity index is 1.77. The van der Waals surface area contributed by atoms with E-state index in [1.54, 1.807) is 0 Å². The molecule has 112 valence electrons. The summed E-state index contributed by atoms with van der Waals surface area (Å²) in [6, 6.07) is 8.91. The van der Waals surface area contributed by atoms with Crippen LogP contribution < -0.4 is 5.32 Å². The molecule has 2 aromatic rings. The quantitative estimate of drug-likeness (QED) is 0.868. The van der Waals surface area contributed by atoms with Crippen molar-refractivity contribution in [3.05, 3.63) is 65.2 Å². The third kappa shape index (κ3) is 2.81. The number of amides is 1. The lowest BCUT2D eigenvalue weighted by atomic mass is 9.98. The Labute approximate surface area is 124 Å². The van der Waals surface area contributed by atoms with Crippen molar-refractivity contribution in [1.82, 2.24) is 0 Å². The lowest BCUT2D eigenvalue weighted by Crippen LogP contribution is -2.38. The molecule has 0 spiro atoms. The molecule has 0 fully saturated rings. The molecule has 1 heterocycles. The zero-order chi connectivity index (χ0) is 15.7. The van der Waals surface area contributed by atoms with Crippen LogP contribution in [-0.2, 0) is 16.0 Å². The minimum absolute atomic E-state index is 0.0891. The first-order valence-corrected chi connectivity index (χ1v) is 6.59. The van der Waals surface area contributed by atoms with Gasteiger partial charge in [-0.3, -0.25) is 4.79 Å². The van der Waals surface area contributed by atoms with Gasteiger partial charge < -0.3 is 10.1 Å². The van der Waals surface area contributed by atoms with E-state index in [0.29, 0.717) is 11.3 Å². The molecule has 22 heavy (non-hydrogen) atoms. The Hall–Kier alpha value is -2.76. The fourth-order valence-electron chi connectivity index (χ4n) is 2.27. The Morgan fingerprint density at radius 3 is 2.50 bits per heavy atom. The number of hydrogen-bond acceptors (Lipinski definition) is 3. The van der Waals surface area contributed by atoms with E-state index < -0.39 is 29.6 Å². The molecule has 0 bridgehead atoms. The van der Waals surface area contributed by atoms with Gasteiger partial charge in [-0.1, -0.05) is 0 Å². The zero-order valence-electron chi connectivity index (χ0n) is 11.3. The molecule has 1 aliphatic heterocycles. The first-order chi connectivity index (χ1) is 10.5. The third-order valence-electron chi connectivity index (χ3n) is 3.35. The summed E-state index contributed by atoms with van der Waals surface area (Å²) in [7, 11) is 0. The van der Waals surface area contributed by atoms with Gasteiger partial charge in [-0.05, 0) is 48.0 Å². The van der Waals surface area contributed by atoms with Crippen LogP contribution in [0.4, 0.5) is 14.5 Å². The highest BCUT2D eigenvalue weighted by Gasteiger charge is 2.31. The highest BCUT2D eigenvalue weighted by Crippen LogP contribution is 2.22. The van der Waals surface area contributed by atoms with Gasteiger partial charge in [0.1, 0.15) is 11.6 Å². The molecule has 1 aliphatic rings. The molecule has 0 saturated heterocycles. The number of esters is 1. The average Bonchev–Trinajstić information content (AvgIpc) is 2.49. The molecule has 0 aromatic heterocycles. The van der Waals surface area contributed by atoms with Crippen molar-refractivity contribution in [1.29, 1.82) is 0 Å². The number of ether oxygens (including phenoxy) is 1. The van der Waals surface area contributed by atoms with Gasteiger partial charge in [0.15, 0.2) is 6.10 Å². The first kappa shape index (κ1) is 14.2. The van der Waals surface area contributed by atoms with E-state index in [4.69, 9.17) is 4.74 Å². The summed E-state index contributed by atoms with van der Waals surface area (Å²) in [4.78, 5) is 24.0. The van der Waals surface area contributed by atoms with E-state index >= 15 is 0 Å². The lowest BCUT2D eigenvalue weighted by Gasteiger charge is -2.23. The van der Waals surface area contributed by atoms with Gasteiger partial charge in [-0.2, -0.15) is 0 Å². The predicted octanol–water partition coefficient (Wildman–Crippen LogP) is 2.69. The maximum Gasteiger partial charge on any atom is 0.339 e. The standard InChI is InChI=1S/C16H11F2NO3/c17-10-1-4-12(5-2-10)19-15(20)14-8-9-7-11(18)3-6-13(9)16(21)22-14/h1-7,14H,8H2,(H,19,20). The SMILES string of the molecule is O=C1OC(C(=O)Nc2ccc(F)cc2)Cc2cc(F)ccc21. The van der Waals surface area contributed by atoms with Crippen LogP contribution in [0.5, 0.6) is 0 Å². The molecule has 0 aliphatic carbocycles. The number of halogens is 2. The van der Waals surface area contributed by atoms with Gasteiger partial charge in [0.05, 0.1) is 5.56 Å². The van der Waals surface area contributed by atoms with E-state index in [1.165, 1.54) is 42.5 Å². The van der Waals surface area contributed by atoms with Crippen LogP contribution in [0.1, 0.15) is 15.9 Å². The second-order valence-electron chi connectivity index (χ2n) is 4.90. The van der Waals surface area contributed by atoms with Crippen molar-refractivity contribution < 1.29 is 23.1 Å². The van der Waals surface area contributed by atoms with Crippen LogP contribution in [0.3, 0.4) is 0 Å². The number of anilines is 1. The molecule has 1 N–H and O–H groups in total. The Bertz CT molecular complexity index is 744. The van der Waals surface area contributed by atoms with E-state index in [-0.39, 0.29) is 12.0 Å². The molecule has 3 rings (SSSR count). The van der Waals surface area contributed by atoms with Crippen molar-refractivity contribution >= 4 is 17.6 Å². The highest BCUT2D eigenvalue weighted by molar-refractivity contribution is 6.00. The summed E-state index contributed by atoms with van der Waals surface area (Å²) >= 11 is 0. The predicted molar refractivity (Wildman–Crippen MR) is 74.3 cm³/mol. The number of cyclic esters (lactones) is 1. The molecule has 6 heteroatoms. The van der Waals surface area contributed by atoms with Gasteiger partial charge in [-0.25, -0.2) is 13.6 Å². The molecule has 1 amide bonds. The van der Waals surface area contributed by atoms with Crippen LogP contribution in [-0.4, -0.2) is 18.0 Å². The number of fused-ring (bicyclic) bond motifs is 1. The lowest BCUT2D eigenvalue weighted by molar-refractivity contribution is -0.125. The van der Waals surface area contributed by atoms with Crippen LogP contribution in [0.15, 0.2) is 42.5 Å². The molecule has 4 nitrogen and oxygen atoms in total. The Morgan fingerprint density at radius 1 is 1.09 bits per heavy atom. The number of benzene rings is 2. The molecular formula is C16H11F2NO3. The zero-order valence-corrected chi connectivity index (χ0v) is 11.3. The summed E-state index contributed by atoms with van der Waals surface area (Å²) in [6.45, 7) is 0. The summed E-state index contributed by atoms with van der Waals surface area (Å²) in [5.74, 6) is -2.12. The molecule has 1 unspecified atom stereocenters. The smallest absolute Gasteiger partial charge is 0.339 e. The van der Waals surface area contributed by atoms with E-state index in [9.17, 15) is 18.4 Å². The van der Waals surface area contributed by atoms with Gasteiger partial charge in [0.2, 0.25) is 0 Å². The van der Waals surface area contributed by atoms with Crippen molar-refractivity contribution in [2.24, 2.45) is 0 Å². The minimum atomic E-state index is -1.05. The fourth-order valence-corrected chi connectivity index (χ4v) is 2.27. The minimum Gasteiger partial charge on any atom is -0.448 e. The third-order valence-corrected chi connectivity index (χ3v) is 3.35. The monoisotopic (exact) mass is 303 g/mol. The molecule has 2 aromatic carbocycles. The molecule has 1 atom stereocenters. The number of hydrogen-bond donors (Lipinski definition) is 1. The first-order valence-electron chi connectivity index (χ1n) is 6.59. The maximum absolute atomic E-state index is 13.2. The summed E-state index contributed by atoms with van der Waals surface area (Å²) < 4.78 is 31.1. The van der Waals surface area contributed by atoms with Crippen molar-refractivity contribution in [3.8, 4) is 0 Å². The Kier molecular flexibility index (Phi) is 3.58. The summed E-state index contributed by atoms with van der Waals surface area (Å²) in [5, 5.41) is 2.53. The number of rotatable bonds is 2. The fraction of sp³-hybridized carbons (Fsp3) is 0.125. The van der Waals surface area contributed by atoms with E-state index in [0.717, 1.165) is 0 Å². The van der Waals surface area contributed by atoms with Crippen molar-refractivity contribution in [2.45, 2.75) is 12.5 Å². The van der Waals surface area contributed by atoms with Crippen molar-refractivity contribution in [3.63, 3.8) is 0 Å². The maximum atomic E-state index is 13.2. The Morgan fingerprint density at radius 2 is 1.77 bits per heavy atom. The molecule has 0 radical (unpaired) electrons. The van der Waals surface area contributed by atoms with Gasteiger partial charge in [0, 0.05) is 12.1 Å². The van der Waals surface area contributed by atoms with E-state index in [2.05, 4.69) is 5.32 Å². The van der Waals surface area contributed by atoms with Gasteiger partial charge in [-0.15, -0.1) is 0 Å². The van der Waals surface area contributed by atoms with Gasteiger partial charge in [0.25, 0.3) is 5.91 Å². The van der Waals surface area contributed by atoms with Crippen molar-refractivity contribution in [2.75, 3.05) is 5.32 Å². The van der Waals surface area contributed by atoms with Crippen LogP contribution in [0, 0.1) is 11.6 Å². The normalized spacial score (nSPS) is 16.6. The number of carbonyl (C=O) groups is 2. The molecule has 0 saturated carbocycles. The largest absolute Gasteiger partial charge is 0.448 e. The topological polar surface area (TPSA) is 55.4 Å². The second kappa shape index (κ2) is 5.55. The van der Waals surface area contributed by atoms with Crippen LogP contribution in [0.2, 0.25) is 0 Å². The van der Waals surface area contributed by atoms with Crippen LogP contribution in [0.25, 0.3) is 0 Å². The van der Waals surface area contributed by atoms with Crippen LogP contribution >= 0.6 is 0 Å². The number of carbonyl (C=O) groups excluding carboxylic acids is 2. The van der Waals surface area contributed by atoms with E-state index in [1.807, 2.05) is 0 Å². The van der Waals surface area contributed by atoms with Gasteiger partial charge >= 0.3 is 5.97 Å².